The van der Waals surface area contributed by atoms with E-state index in [0.717, 1.165) is 9.37 Å². The second-order valence-corrected chi connectivity index (χ2v) is 7.16. The SMILES string of the molecule is CC1CN(C(=O)CCN2C(=O)c3ccc(Br)cc3C2=O)C(C)CO1. The van der Waals surface area contributed by atoms with Crippen molar-refractivity contribution in [1.29, 1.82) is 0 Å². The van der Waals surface area contributed by atoms with Crippen molar-refractivity contribution >= 4 is 33.7 Å². The Labute approximate surface area is 148 Å². The van der Waals surface area contributed by atoms with E-state index in [1.165, 1.54) is 0 Å². The van der Waals surface area contributed by atoms with Crippen molar-refractivity contribution in [3.05, 3.63) is 33.8 Å². The second-order valence-electron chi connectivity index (χ2n) is 6.24. The molecular weight excluding hydrogens is 376 g/mol. The average molecular weight is 395 g/mol. The predicted octanol–water partition coefficient (Wildman–Crippen LogP) is 2.07. The summed E-state index contributed by atoms with van der Waals surface area (Å²) < 4.78 is 6.27. The zero-order valence-corrected chi connectivity index (χ0v) is 15.2. The highest BCUT2D eigenvalue weighted by molar-refractivity contribution is 9.10. The predicted molar refractivity (Wildman–Crippen MR) is 90.7 cm³/mol. The van der Waals surface area contributed by atoms with Crippen LogP contribution in [0.15, 0.2) is 22.7 Å². The first-order valence-electron chi connectivity index (χ1n) is 7.95. The molecular formula is C17H19BrN2O4. The Hall–Kier alpha value is -1.73. The van der Waals surface area contributed by atoms with E-state index in [2.05, 4.69) is 15.9 Å². The molecule has 0 saturated carbocycles. The molecule has 1 aromatic rings. The summed E-state index contributed by atoms with van der Waals surface area (Å²) in [6.07, 6.45) is 0.130. The highest BCUT2D eigenvalue weighted by atomic mass is 79.9. The lowest BCUT2D eigenvalue weighted by Crippen LogP contribution is -2.50. The first-order valence-corrected chi connectivity index (χ1v) is 8.74. The Balaban J connectivity index is 1.66. The Kier molecular flexibility index (Phi) is 4.73. The van der Waals surface area contributed by atoms with Crippen LogP contribution >= 0.6 is 15.9 Å². The van der Waals surface area contributed by atoms with E-state index < -0.39 is 0 Å². The molecule has 3 amide bonds. The van der Waals surface area contributed by atoms with Gasteiger partial charge in [0.2, 0.25) is 5.91 Å². The van der Waals surface area contributed by atoms with Gasteiger partial charge in [-0.25, -0.2) is 0 Å². The van der Waals surface area contributed by atoms with Crippen LogP contribution in [0.25, 0.3) is 0 Å². The first kappa shape index (κ1) is 17.1. The third-order valence-corrected chi connectivity index (χ3v) is 4.90. The van der Waals surface area contributed by atoms with Gasteiger partial charge in [0.15, 0.2) is 0 Å². The van der Waals surface area contributed by atoms with Crippen LogP contribution in [0.4, 0.5) is 0 Å². The van der Waals surface area contributed by atoms with Crippen molar-refractivity contribution < 1.29 is 19.1 Å². The normalized spacial score (nSPS) is 23.6. The lowest BCUT2D eigenvalue weighted by Gasteiger charge is -2.37. The molecule has 0 spiro atoms. The van der Waals surface area contributed by atoms with Crippen molar-refractivity contribution in [1.82, 2.24) is 9.80 Å². The molecule has 2 unspecified atom stereocenters. The highest BCUT2D eigenvalue weighted by Gasteiger charge is 2.36. The molecule has 2 atom stereocenters. The number of morpholine rings is 1. The van der Waals surface area contributed by atoms with Gasteiger partial charge in [-0.05, 0) is 32.0 Å². The molecule has 0 bridgehead atoms. The number of rotatable bonds is 3. The molecule has 3 rings (SSSR count). The Morgan fingerprint density at radius 1 is 1.25 bits per heavy atom. The molecule has 7 heteroatoms. The summed E-state index contributed by atoms with van der Waals surface area (Å²) in [6.45, 7) is 5.00. The van der Waals surface area contributed by atoms with Gasteiger partial charge in [0.25, 0.3) is 11.8 Å². The van der Waals surface area contributed by atoms with Crippen LogP contribution in [0.2, 0.25) is 0 Å². The van der Waals surface area contributed by atoms with Crippen molar-refractivity contribution in [2.75, 3.05) is 19.7 Å². The number of halogens is 1. The van der Waals surface area contributed by atoms with Gasteiger partial charge in [-0.15, -0.1) is 0 Å². The zero-order valence-electron chi connectivity index (χ0n) is 13.6. The summed E-state index contributed by atoms with van der Waals surface area (Å²) in [4.78, 5) is 40.2. The van der Waals surface area contributed by atoms with Crippen molar-refractivity contribution in [2.24, 2.45) is 0 Å². The maximum Gasteiger partial charge on any atom is 0.261 e. The first-order chi connectivity index (χ1) is 11.4. The number of nitrogens with zero attached hydrogens (tertiary/aromatic N) is 2. The fourth-order valence-corrected chi connectivity index (χ4v) is 3.43. The van der Waals surface area contributed by atoms with Crippen LogP contribution in [0.1, 0.15) is 41.0 Å². The van der Waals surface area contributed by atoms with Gasteiger partial charge in [0.05, 0.1) is 29.9 Å². The summed E-state index contributed by atoms with van der Waals surface area (Å²) >= 11 is 3.30. The van der Waals surface area contributed by atoms with Crippen molar-refractivity contribution in [2.45, 2.75) is 32.4 Å². The topological polar surface area (TPSA) is 66.9 Å². The van der Waals surface area contributed by atoms with E-state index in [1.807, 2.05) is 13.8 Å². The molecule has 2 heterocycles. The molecule has 0 aromatic heterocycles. The number of fused-ring (bicyclic) bond motifs is 1. The molecule has 0 radical (unpaired) electrons. The highest BCUT2D eigenvalue weighted by Crippen LogP contribution is 2.26. The molecule has 1 fully saturated rings. The minimum absolute atomic E-state index is 0.00167. The number of hydrogen-bond donors (Lipinski definition) is 0. The van der Waals surface area contributed by atoms with Crippen LogP contribution in [-0.4, -0.2) is 59.4 Å². The van der Waals surface area contributed by atoms with Crippen LogP contribution in [-0.2, 0) is 9.53 Å². The number of ether oxygens (including phenoxy) is 1. The molecule has 2 aliphatic rings. The largest absolute Gasteiger partial charge is 0.375 e. The molecule has 0 aliphatic carbocycles. The number of benzene rings is 1. The fourth-order valence-electron chi connectivity index (χ4n) is 3.07. The van der Waals surface area contributed by atoms with Gasteiger partial charge in [0, 0.05) is 24.0 Å². The fraction of sp³-hybridized carbons (Fsp3) is 0.471. The minimum Gasteiger partial charge on any atom is -0.375 e. The van der Waals surface area contributed by atoms with Crippen LogP contribution in [0.5, 0.6) is 0 Å². The average Bonchev–Trinajstić information content (AvgIpc) is 2.78. The van der Waals surface area contributed by atoms with Gasteiger partial charge in [-0.3, -0.25) is 19.3 Å². The van der Waals surface area contributed by atoms with Gasteiger partial charge in [0.1, 0.15) is 0 Å². The van der Waals surface area contributed by atoms with E-state index >= 15 is 0 Å². The molecule has 6 nitrogen and oxygen atoms in total. The van der Waals surface area contributed by atoms with Crippen LogP contribution < -0.4 is 0 Å². The number of carbonyl (C=O) groups excluding carboxylic acids is 3. The van der Waals surface area contributed by atoms with E-state index in [-0.39, 0.29) is 42.8 Å². The van der Waals surface area contributed by atoms with E-state index in [9.17, 15) is 14.4 Å². The summed E-state index contributed by atoms with van der Waals surface area (Å²) in [5.74, 6) is -0.735. The third-order valence-electron chi connectivity index (χ3n) is 4.41. The summed E-state index contributed by atoms with van der Waals surface area (Å²) in [7, 11) is 0. The molecule has 2 aliphatic heterocycles. The maximum absolute atomic E-state index is 12.5. The van der Waals surface area contributed by atoms with E-state index in [0.29, 0.717) is 24.3 Å². The Bertz CT molecular complexity index is 706. The zero-order chi connectivity index (χ0) is 17.4. The maximum atomic E-state index is 12.5. The quantitative estimate of drug-likeness (QED) is 0.735. The number of hydrogen-bond acceptors (Lipinski definition) is 4. The molecule has 24 heavy (non-hydrogen) atoms. The third kappa shape index (κ3) is 3.10. The number of amides is 3. The lowest BCUT2D eigenvalue weighted by molar-refractivity contribution is -0.143. The Morgan fingerprint density at radius 2 is 1.96 bits per heavy atom. The van der Waals surface area contributed by atoms with Crippen LogP contribution in [0.3, 0.4) is 0 Å². The summed E-state index contributed by atoms with van der Waals surface area (Å²) in [5.41, 5.74) is 0.777. The van der Waals surface area contributed by atoms with Gasteiger partial charge >= 0.3 is 0 Å². The smallest absolute Gasteiger partial charge is 0.261 e. The summed E-state index contributed by atoms with van der Waals surface area (Å²) in [5, 5.41) is 0. The molecule has 0 N–H and O–H groups in total. The number of imide groups is 1. The standard InChI is InChI=1S/C17H19BrN2O4/c1-10-9-24-11(2)8-20(10)15(21)5-6-19-16(22)13-4-3-12(18)7-14(13)17(19)23/h3-4,7,10-11H,5-6,8-9H2,1-2H3. The van der Waals surface area contributed by atoms with E-state index in [1.54, 1.807) is 23.1 Å². The second kappa shape index (κ2) is 6.64. The van der Waals surface area contributed by atoms with Crippen molar-refractivity contribution in [3.63, 3.8) is 0 Å². The van der Waals surface area contributed by atoms with Gasteiger partial charge in [-0.2, -0.15) is 0 Å². The number of carbonyl (C=O) groups is 3. The molecule has 1 aromatic carbocycles. The molecule has 1 saturated heterocycles. The van der Waals surface area contributed by atoms with Crippen LogP contribution in [0, 0.1) is 0 Å². The van der Waals surface area contributed by atoms with Gasteiger partial charge < -0.3 is 9.64 Å². The summed E-state index contributed by atoms with van der Waals surface area (Å²) in [6, 6.07) is 5.01. The molecule has 128 valence electrons. The minimum atomic E-state index is -0.340. The Morgan fingerprint density at radius 3 is 2.71 bits per heavy atom. The van der Waals surface area contributed by atoms with Crippen molar-refractivity contribution in [3.8, 4) is 0 Å². The monoisotopic (exact) mass is 394 g/mol. The van der Waals surface area contributed by atoms with E-state index in [4.69, 9.17) is 4.74 Å². The lowest BCUT2D eigenvalue weighted by atomic mass is 10.1. The van der Waals surface area contributed by atoms with Gasteiger partial charge in [-0.1, -0.05) is 15.9 Å².